The fourth-order valence-electron chi connectivity index (χ4n) is 5.56. The zero-order valence-corrected chi connectivity index (χ0v) is 20.5. The van der Waals surface area contributed by atoms with Crippen molar-refractivity contribution in [2.75, 3.05) is 56.4 Å². The maximum absolute atomic E-state index is 6.31. The first kappa shape index (κ1) is 22.0. The molecule has 2 fully saturated rings. The lowest BCUT2D eigenvalue weighted by molar-refractivity contribution is -0.0177. The van der Waals surface area contributed by atoms with Crippen LogP contribution in [-0.4, -0.2) is 72.1 Å². The Bertz CT molecular complexity index is 1420. The second-order valence-electron chi connectivity index (χ2n) is 9.97. The molecule has 1 atom stereocenters. The highest BCUT2D eigenvalue weighted by molar-refractivity contribution is 6.05. The topological polar surface area (TPSA) is 88.8 Å². The van der Waals surface area contributed by atoms with Crippen LogP contribution in [0.5, 0.6) is 0 Å². The number of hydrogen-bond donors (Lipinski definition) is 1. The predicted molar refractivity (Wildman–Crippen MR) is 138 cm³/mol. The van der Waals surface area contributed by atoms with E-state index in [1.54, 1.807) is 0 Å². The summed E-state index contributed by atoms with van der Waals surface area (Å²) in [5.41, 5.74) is 6.75. The molecule has 0 spiro atoms. The number of nitrogens with zero attached hydrogens (tertiary/aromatic N) is 5. The molecule has 7 rings (SSSR count). The first-order valence-corrected chi connectivity index (χ1v) is 12.8. The molecule has 0 radical (unpaired) electrons. The van der Waals surface area contributed by atoms with Gasteiger partial charge in [0.1, 0.15) is 5.52 Å². The van der Waals surface area contributed by atoms with Crippen molar-refractivity contribution in [1.82, 2.24) is 19.9 Å². The monoisotopic (exact) mass is 486 g/mol. The van der Waals surface area contributed by atoms with Crippen LogP contribution in [0.15, 0.2) is 34.9 Å². The molecule has 9 heteroatoms. The first-order valence-electron chi connectivity index (χ1n) is 12.8. The highest BCUT2D eigenvalue weighted by Crippen LogP contribution is 2.38. The molecule has 0 amide bonds. The summed E-state index contributed by atoms with van der Waals surface area (Å²) in [5, 5.41) is 4.50. The average molecular weight is 487 g/mol. The van der Waals surface area contributed by atoms with Gasteiger partial charge < -0.3 is 24.1 Å². The summed E-state index contributed by atoms with van der Waals surface area (Å²) in [4.78, 5) is 19.4. The van der Waals surface area contributed by atoms with Crippen molar-refractivity contribution in [3.05, 3.63) is 41.6 Å². The summed E-state index contributed by atoms with van der Waals surface area (Å²) in [6.45, 7) is 8.39. The molecular formula is C27H30N6O3. The van der Waals surface area contributed by atoms with Crippen LogP contribution in [0.1, 0.15) is 24.5 Å². The molecule has 4 aromatic rings. The quantitative estimate of drug-likeness (QED) is 0.462. The van der Waals surface area contributed by atoms with Gasteiger partial charge >= 0.3 is 0 Å². The number of furan rings is 1. The fourth-order valence-corrected chi connectivity index (χ4v) is 5.56. The van der Waals surface area contributed by atoms with Gasteiger partial charge in [-0.1, -0.05) is 12.1 Å². The van der Waals surface area contributed by atoms with Gasteiger partial charge in [0.25, 0.3) is 0 Å². The van der Waals surface area contributed by atoms with Gasteiger partial charge in [-0.25, -0.2) is 15.0 Å². The minimum atomic E-state index is 0.392. The highest BCUT2D eigenvalue weighted by atomic mass is 16.5. The van der Waals surface area contributed by atoms with Gasteiger partial charge in [-0.3, -0.25) is 4.90 Å². The van der Waals surface area contributed by atoms with E-state index >= 15 is 0 Å². The molecule has 3 aliphatic heterocycles. The lowest BCUT2D eigenvalue weighted by Gasteiger charge is -2.28. The van der Waals surface area contributed by atoms with Gasteiger partial charge in [-0.2, -0.15) is 0 Å². The molecule has 36 heavy (non-hydrogen) atoms. The fraction of sp³-hybridized carbons (Fsp3) is 0.444. The number of ether oxygens (including phenoxy) is 2. The Morgan fingerprint density at radius 3 is 2.86 bits per heavy atom. The van der Waals surface area contributed by atoms with E-state index in [2.05, 4.69) is 51.3 Å². The second kappa shape index (κ2) is 8.99. The number of nitrogens with one attached hydrogen (secondary N) is 1. The number of benzene rings is 1. The molecule has 1 N–H and O–H groups in total. The molecule has 0 aliphatic carbocycles. The largest absolute Gasteiger partial charge is 0.432 e. The van der Waals surface area contributed by atoms with E-state index in [0.29, 0.717) is 37.3 Å². The highest BCUT2D eigenvalue weighted by Gasteiger charge is 2.26. The van der Waals surface area contributed by atoms with Crippen LogP contribution in [0.4, 0.5) is 11.5 Å². The Labute approximate surface area is 209 Å². The standard InChI is InChI=1S/C27H30N6O3/c1-17-12-20-19(4-2-5-22(20)29-17)25-30-23-21-13-18(15-32-6-3-9-35-16-32)14-28-27(21)36-24(23)26(31-25)33-7-10-34-11-8-33/h2,4-5,13-14,17,29H,3,6-12,15-16H2,1H3. The van der Waals surface area contributed by atoms with Crippen LogP contribution >= 0.6 is 0 Å². The first-order chi connectivity index (χ1) is 17.7. The van der Waals surface area contributed by atoms with Crippen LogP contribution < -0.4 is 10.2 Å². The lowest BCUT2D eigenvalue weighted by Crippen LogP contribution is -2.37. The van der Waals surface area contributed by atoms with E-state index in [1.807, 2.05) is 6.20 Å². The zero-order chi connectivity index (χ0) is 24.1. The molecule has 0 bridgehead atoms. The normalized spacial score (nSPS) is 20.7. The Balaban J connectivity index is 1.38. The number of morpholine rings is 1. The molecular weight excluding hydrogens is 456 g/mol. The molecule has 186 valence electrons. The van der Waals surface area contributed by atoms with Crippen LogP contribution in [-0.2, 0) is 22.4 Å². The Kier molecular flexibility index (Phi) is 5.49. The predicted octanol–water partition coefficient (Wildman–Crippen LogP) is 3.81. The Morgan fingerprint density at radius 1 is 1.08 bits per heavy atom. The van der Waals surface area contributed by atoms with Crippen molar-refractivity contribution in [3.63, 3.8) is 0 Å². The van der Waals surface area contributed by atoms with Gasteiger partial charge in [-0.05, 0) is 43.0 Å². The Hall–Kier alpha value is -3.27. The van der Waals surface area contributed by atoms with Crippen LogP contribution in [0.25, 0.3) is 33.6 Å². The smallest absolute Gasteiger partial charge is 0.229 e. The number of rotatable bonds is 4. The van der Waals surface area contributed by atoms with Gasteiger partial charge in [0.05, 0.1) is 25.3 Å². The molecule has 1 unspecified atom stereocenters. The van der Waals surface area contributed by atoms with Crippen LogP contribution in [0.2, 0.25) is 0 Å². The zero-order valence-electron chi connectivity index (χ0n) is 20.5. The van der Waals surface area contributed by atoms with Crippen molar-refractivity contribution in [2.45, 2.75) is 32.4 Å². The van der Waals surface area contributed by atoms with Gasteiger partial charge in [0.15, 0.2) is 17.2 Å². The third kappa shape index (κ3) is 3.87. The van der Waals surface area contributed by atoms with Crippen LogP contribution in [0.3, 0.4) is 0 Å². The van der Waals surface area contributed by atoms with E-state index in [-0.39, 0.29) is 0 Å². The number of anilines is 2. The Morgan fingerprint density at radius 2 is 2.00 bits per heavy atom. The molecule has 0 saturated carbocycles. The number of fused-ring (bicyclic) bond motifs is 4. The maximum atomic E-state index is 6.31. The summed E-state index contributed by atoms with van der Waals surface area (Å²) < 4.78 is 17.6. The van der Waals surface area contributed by atoms with Crippen molar-refractivity contribution in [3.8, 4) is 11.4 Å². The molecule has 3 aliphatic rings. The number of aromatic nitrogens is 3. The lowest BCUT2D eigenvalue weighted by atomic mass is 10.0. The third-order valence-electron chi connectivity index (χ3n) is 7.29. The summed E-state index contributed by atoms with van der Waals surface area (Å²) in [6, 6.07) is 8.91. The van der Waals surface area contributed by atoms with Crippen molar-refractivity contribution < 1.29 is 13.9 Å². The summed E-state index contributed by atoms with van der Waals surface area (Å²) in [5.74, 6) is 1.55. The summed E-state index contributed by atoms with van der Waals surface area (Å²) in [6.07, 6.45) is 3.91. The van der Waals surface area contributed by atoms with Crippen molar-refractivity contribution >= 4 is 33.7 Å². The van der Waals surface area contributed by atoms with E-state index in [4.69, 9.17) is 23.9 Å². The maximum Gasteiger partial charge on any atom is 0.229 e. The van der Waals surface area contributed by atoms with E-state index in [0.717, 1.165) is 79.3 Å². The van der Waals surface area contributed by atoms with E-state index in [9.17, 15) is 0 Å². The molecule has 6 heterocycles. The molecule has 9 nitrogen and oxygen atoms in total. The summed E-state index contributed by atoms with van der Waals surface area (Å²) in [7, 11) is 0. The van der Waals surface area contributed by atoms with Gasteiger partial charge in [-0.15, -0.1) is 0 Å². The van der Waals surface area contributed by atoms with Crippen molar-refractivity contribution in [2.24, 2.45) is 0 Å². The van der Waals surface area contributed by atoms with Gasteiger partial charge in [0, 0.05) is 56.3 Å². The number of pyridine rings is 1. The number of hydrogen-bond acceptors (Lipinski definition) is 9. The van der Waals surface area contributed by atoms with Crippen molar-refractivity contribution in [1.29, 1.82) is 0 Å². The average Bonchev–Trinajstić information content (AvgIpc) is 3.48. The van der Waals surface area contributed by atoms with Gasteiger partial charge in [0.2, 0.25) is 5.71 Å². The molecule has 3 aromatic heterocycles. The SMILES string of the molecule is CC1Cc2c(cccc2-c2nc(N3CCOCC3)c3oc4ncc(CN5CCCOC5)cc4c3n2)N1. The minimum absolute atomic E-state index is 0.392. The van der Waals surface area contributed by atoms with Crippen LogP contribution in [0, 0.1) is 0 Å². The van der Waals surface area contributed by atoms with E-state index < -0.39 is 0 Å². The molecule has 2 saturated heterocycles. The second-order valence-corrected chi connectivity index (χ2v) is 9.97. The minimum Gasteiger partial charge on any atom is -0.432 e. The van der Waals surface area contributed by atoms with E-state index in [1.165, 1.54) is 11.3 Å². The third-order valence-corrected chi connectivity index (χ3v) is 7.29. The summed E-state index contributed by atoms with van der Waals surface area (Å²) >= 11 is 0. The molecule has 1 aromatic carbocycles.